The summed E-state index contributed by atoms with van der Waals surface area (Å²) < 4.78 is 43.8. The molecule has 3 aromatic rings. The van der Waals surface area contributed by atoms with Crippen LogP contribution < -0.4 is 9.47 Å². The van der Waals surface area contributed by atoms with Gasteiger partial charge in [0.2, 0.25) is 5.78 Å². The van der Waals surface area contributed by atoms with Crippen LogP contribution in [0.25, 0.3) is 5.76 Å². The van der Waals surface area contributed by atoms with Crippen molar-refractivity contribution in [1.82, 2.24) is 4.31 Å². The number of aliphatic hydroxyl groups excluding tert-OH is 1. The smallest absolute Gasteiger partial charge is 0.265 e. The van der Waals surface area contributed by atoms with Crippen molar-refractivity contribution in [1.29, 1.82) is 0 Å². The zero-order valence-corrected chi connectivity index (χ0v) is 21.0. The summed E-state index contributed by atoms with van der Waals surface area (Å²) in [5, 5.41) is 11.1. The van der Waals surface area contributed by atoms with Crippen molar-refractivity contribution in [2.75, 3.05) is 34.0 Å². The minimum atomic E-state index is -4.36. The number of carbonyl (C=O) groups excluding carboxylic acids is 2. The van der Waals surface area contributed by atoms with Gasteiger partial charge in [-0.25, -0.2) is 8.42 Å². The van der Waals surface area contributed by atoms with Gasteiger partial charge in [0.25, 0.3) is 10.0 Å². The van der Waals surface area contributed by atoms with Gasteiger partial charge in [0, 0.05) is 23.8 Å². The molecule has 1 heterocycles. The van der Waals surface area contributed by atoms with Crippen LogP contribution in [0.4, 0.5) is 0 Å². The highest BCUT2D eigenvalue weighted by Crippen LogP contribution is 2.36. The van der Waals surface area contributed by atoms with Crippen molar-refractivity contribution in [3.05, 3.63) is 95.2 Å². The fourth-order valence-corrected chi connectivity index (χ4v) is 5.52. The lowest BCUT2D eigenvalue weighted by Crippen LogP contribution is -2.42. The molecule has 0 unspecified atom stereocenters. The van der Waals surface area contributed by atoms with Crippen molar-refractivity contribution in [2.45, 2.75) is 4.90 Å². The first-order chi connectivity index (χ1) is 17.8. The summed E-state index contributed by atoms with van der Waals surface area (Å²) in [5.41, 5.74) is -0.213. The normalized spacial score (nSPS) is 15.6. The maximum absolute atomic E-state index is 13.6. The van der Waals surface area contributed by atoms with Crippen LogP contribution in [-0.2, 0) is 14.8 Å². The third kappa shape index (κ3) is 5.07. The van der Waals surface area contributed by atoms with Gasteiger partial charge in [-0.1, -0.05) is 42.5 Å². The molecule has 1 N–H and O–H groups in total. The zero-order chi connectivity index (χ0) is 26.6. The van der Waals surface area contributed by atoms with E-state index in [1.165, 1.54) is 68.8 Å². The van der Waals surface area contributed by atoms with Crippen molar-refractivity contribution < 1.29 is 37.3 Å². The summed E-state index contributed by atoms with van der Waals surface area (Å²) >= 11 is 0. The van der Waals surface area contributed by atoms with Crippen molar-refractivity contribution in [2.24, 2.45) is 0 Å². The van der Waals surface area contributed by atoms with Gasteiger partial charge in [-0.05, 0) is 30.3 Å². The molecular formula is C27H25NO8S. The predicted octanol–water partition coefficient (Wildman–Crippen LogP) is 3.72. The number of hydrogen-bond donors (Lipinski definition) is 1. The number of rotatable bonds is 9. The van der Waals surface area contributed by atoms with Gasteiger partial charge in [0.1, 0.15) is 12.3 Å². The number of nitrogens with zero attached hydrogens (tertiary/aromatic N) is 1. The number of ether oxygens (including phenoxy) is 3. The highest BCUT2D eigenvalue weighted by atomic mass is 32.2. The number of allylic oxidation sites excluding steroid dienone is 1. The maximum atomic E-state index is 13.6. The Kier molecular flexibility index (Phi) is 7.61. The molecule has 1 aliphatic rings. The van der Waals surface area contributed by atoms with Crippen LogP contribution in [-0.4, -0.2) is 63.4 Å². The van der Waals surface area contributed by atoms with Crippen LogP contribution in [0, 0.1) is 0 Å². The molecule has 0 amide bonds. The van der Waals surface area contributed by atoms with Crippen LogP contribution in [0.3, 0.4) is 0 Å². The first-order valence-electron chi connectivity index (χ1n) is 11.3. The van der Waals surface area contributed by atoms with E-state index >= 15 is 0 Å². The standard InChI is InChI=1S/C27H25NO8S/c1-34-14-15-36-23-16-19(12-13-22(23)35-2)21(29)17-28-25(26(30)18-8-4-3-5-9-18)27(31)20-10-6-7-11-24(20)37(28,32)33/h3-13,16,30H,14-15,17H2,1-2H3/b26-25+. The average Bonchev–Trinajstić information content (AvgIpc) is 2.92. The number of benzene rings is 3. The van der Waals surface area contributed by atoms with E-state index < -0.39 is 39.6 Å². The van der Waals surface area contributed by atoms with Crippen molar-refractivity contribution in [3.8, 4) is 11.5 Å². The fourth-order valence-electron chi connectivity index (χ4n) is 3.90. The Balaban J connectivity index is 1.79. The van der Waals surface area contributed by atoms with Gasteiger partial charge in [-0.3, -0.25) is 13.9 Å². The van der Waals surface area contributed by atoms with Crippen LogP contribution in [0.15, 0.2) is 83.4 Å². The molecule has 192 valence electrons. The topological polar surface area (TPSA) is 119 Å². The summed E-state index contributed by atoms with van der Waals surface area (Å²) in [6.07, 6.45) is 0. The zero-order valence-electron chi connectivity index (χ0n) is 20.2. The third-order valence-electron chi connectivity index (χ3n) is 5.75. The summed E-state index contributed by atoms with van der Waals surface area (Å²) in [6.45, 7) is -0.214. The molecule has 37 heavy (non-hydrogen) atoms. The van der Waals surface area contributed by atoms with Crippen LogP contribution >= 0.6 is 0 Å². The summed E-state index contributed by atoms with van der Waals surface area (Å²) in [4.78, 5) is 26.6. The molecule has 9 nitrogen and oxygen atoms in total. The quantitative estimate of drug-likeness (QED) is 0.195. The first kappa shape index (κ1) is 25.9. The Labute approximate surface area is 214 Å². The number of aliphatic hydroxyl groups is 1. The minimum Gasteiger partial charge on any atom is -0.505 e. The van der Waals surface area contributed by atoms with E-state index in [4.69, 9.17) is 14.2 Å². The van der Waals surface area contributed by atoms with E-state index in [-0.39, 0.29) is 33.9 Å². The lowest BCUT2D eigenvalue weighted by Gasteiger charge is -2.31. The molecular weight excluding hydrogens is 498 g/mol. The lowest BCUT2D eigenvalue weighted by molar-refractivity contribution is 0.0951. The second-order valence-electron chi connectivity index (χ2n) is 8.03. The summed E-state index contributed by atoms with van der Waals surface area (Å²) in [6, 6.07) is 18.2. The third-order valence-corrected chi connectivity index (χ3v) is 7.56. The Morgan fingerprint density at radius 2 is 1.59 bits per heavy atom. The molecule has 0 aliphatic carbocycles. The molecule has 0 spiro atoms. The van der Waals surface area contributed by atoms with Crippen LogP contribution in [0.1, 0.15) is 26.3 Å². The van der Waals surface area contributed by atoms with Crippen molar-refractivity contribution in [3.63, 3.8) is 0 Å². The fraction of sp³-hybridized carbons (Fsp3) is 0.185. The Morgan fingerprint density at radius 1 is 0.892 bits per heavy atom. The second-order valence-corrected chi connectivity index (χ2v) is 9.86. The Hall–Kier alpha value is -4.15. The lowest BCUT2D eigenvalue weighted by atomic mass is 10.0. The molecule has 3 aromatic carbocycles. The SMILES string of the molecule is COCCOc1cc(C(=O)CN2/C(=C(/O)c3ccccc3)C(=O)c3ccccc3S2(=O)=O)ccc1OC. The van der Waals surface area contributed by atoms with E-state index in [9.17, 15) is 23.1 Å². The number of sulfonamides is 1. The van der Waals surface area contributed by atoms with Gasteiger partial charge in [-0.15, -0.1) is 0 Å². The number of Topliss-reactive ketones (excluding diaryl/α,β-unsaturated/α-hetero) is 2. The number of ketones is 2. The number of hydrogen-bond acceptors (Lipinski definition) is 8. The summed E-state index contributed by atoms with van der Waals surface area (Å²) in [7, 11) is -1.39. The van der Waals surface area contributed by atoms with Gasteiger partial charge in [0.15, 0.2) is 23.0 Å². The molecule has 0 radical (unpaired) electrons. The largest absolute Gasteiger partial charge is 0.505 e. The average molecular weight is 524 g/mol. The molecule has 1 aliphatic heterocycles. The van der Waals surface area contributed by atoms with Gasteiger partial charge >= 0.3 is 0 Å². The van der Waals surface area contributed by atoms with Crippen molar-refractivity contribution >= 4 is 27.3 Å². The molecule has 0 aromatic heterocycles. The van der Waals surface area contributed by atoms with E-state index in [0.29, 0.717) is 16.7 Å². The number of methoxy groups -OCH3 is 2. The summed E-state index contributed by atoms with van der Waals surface area (Å²) in [5.74, 6) is -1.22. The maximum Gasteiger partial charge on any atom is 0.265 e. The Bertz CT molecular complexity index is 1460. The van der Waals surface area contributed by atoms with Crippen LogP contribution in [0.2, 0.25) is 0 Å². The Morgan fingerprint density at radius 3 is 2.30 bits per heavy atom. The number of fused-ring (bicyclic) bond motifs is 1. The molecule has 4 rings (SSSR count). The second kappa shape index (κ2) is 10.9. The van der Waals surface area contributed by atoms with Crippen LogP contribution in [0.5, 0.6) is 11.5 Å². The molecule has 0 atom stereocenters. The minimum absolute atomic E-state index is 0.0815. The predicted molar refractivity (Wildman–Crippen MR) is 135 cm³/mol. The van der Waals surface area contributed by atoms with E-state index in [1.807, 2.05) is 0 Å². The molecule has 0 saturated heterocycles. The number of carbonyl (C=O) groups is 2. The van der Waals surface area contributed by atoms with Gasteiger partial charge in [0.05, 0.1) is 25.2 Å². The molecule has 0 saturated carbocycles. The van der Waals surface area contributed by atoms with E-state index in [1.54, 1.807) is 18.2 Å². The molecule has 0 bridgehead atoms. The first-order valence-corrected chi connectivity index (χ1v) is 12.7. The van der Waals surface area contributed by atoms with E-state index in [2.05, 4.69) is 0 Å². The highest BCUT2D eigenvalue weighted by Gasteiger charge is 2.42. The van der Waals surface area contributed by atoms with Gasteiger partial charge < -0.3 is 19.3 Å². The molecule has 10 heteroatoms. The monoisotopic (exact) mass is 523 g/mol. The van der Waals surface area contributed by atoms with Gasteiger partial charge in [-0.2, -0.15) is 0 Å². The van der Waals surface area contributed by atoms with E-state index in [0.717, 1.165) is 0 Å². The molecule has 0 fully saturated rings. The highest BCUT2D eigenvalue weighted by molar-refractivity contribution is 7.89.